The Morgan fingerprint density at radius 2 is 1.88 bits per heavy atom. The van der Waals surface area contributed by atoms with Gasteiger partial charge in [0, 0.05) is 31.4 Å². The van der Waals surface area contributed by atoms with Gasteiger partial charge in [-0.15, -0.1) is 0 Å². The number of rotatable bonds is 6. The fourth-order valence-electron chi connectivity index (χ4n) is 1.80. The van der Waals surface area contributed by atoms with Crippen molar-refractivity contribution in [3.8, 4) is 0 Å². The molecule has 0 heterocycles. The van der Waals surface area contributed by atoms with Gasteiger partial charge in [-0.1, -0.05) is 25.1 Å². The lowest BCUT2D eigenvalue weighted by atomic mass is 10.0. The van der Waals surface area contributed by atoms with E-state index in [1.165, 1.54) is 11.3 Å². The van der Waals surface area contributed by atoms with Gasteiger partial charge in [-0.3, -0.25) is 0 Å². The maximum atomic E-state index is 3.59. The van der Waals surface area contributed by atoms with Crippen molar-refractivity contribution in [2.24, 2.45) is 0 Å². The summed E-state index contributed by atoms with van der Waals surface area (Å²) in [5.41, 5.74) is 2.90. The molecule has 1 N–H and O–H groups in total. The van der Waals surface area contributed by atoms with E-state index >= 15 is 0 Å². The van der Waals surface area contributed by atoms with Crippen LogP contribution in [0.4, 0.5) is 5.69 Å². The molecule has 1 aromatic rings. The molecule has 2 nitrogen and oxygen atoms in total. The van der Waals surface area contributed by atoms with Crippen LogP contribution in [0.25, 0.3) is 0 Å². The zero-order valence-electron chi connectivity index (χ0n) is 11.9. The predicted octanol–water partition coefficient (Wildman–Crippen LogP) is 3.21. The van der Waals surface area contributed by atoms with Crippen LogP contribution in [0.5, 0.6) is 0 Å². The van der Waals surface area contributed by atoms with Gasteiger partial charge in [0.25, 0.3) is 0 Å². The van der Waals surface area contributed by atoms with Crippen molar-refractivity contribution >= 4 is 5.69 Å². The highest BCUT2D eigenvalue weighted by Crippen LogP contribution is 2.17. The molecular formula is C15H26N2. The molecule has 0 aliphatic carbocycles. The lowest BCUT2D eigenvalue weighted by molar-refractivity contribution is 0.381. The van der Waals surface area contributed by atoms with Gasteiger partial charge < -0.3 is 10.2 Å². The summed E-state index contributed by atoms with van der Waals surface area (Å²) in [6.45, 7) is 10.9. The minimum absolute atomic E-state index is 0.243. The van der Waals surface area contributed by atoms with E-state index < -0.39 is 0 Å². The van der Waals surface area contributed by atoms with Gasteiger partial charge in [-0.05, 0) is 38.8 Å². The molecule has 0 fully saturated rings. The van der Waals surface area contributed by atoms with Crippen LogP contribution in [0.3, 0.4) is 0 Å². The second-order valence-corrected chi connectivity index (χ2v) is 5.37. The highest BCUT2D eigenvalue weighted by Gasteiger charge is 2.13. The molecule has 17 heavy (non-hydrogen) atoms. The van der Waals surface area contributed by atoms with E-state index in [2.05, 4.69) is 69.2 Å². The summed E-state index contributed by atoms with van der Waals surface area (Å²) >= 11 is 0. The summed E-state index contributed by atoms with van der Waals surface area (Å²) in [7, 11) is 2.16. The Bertz CT molecular complexity index is 345. The zero-order valence-corrected chi connectivity index (χ0v) is 11.9. The molecule has 0 spiro atoms. The van der Waals surface area contributed by atoms with Crippen LogP contribution < -0.4 is 10.2 Å². The Hall–Kier alpha value is -1.02. The maximum absolute atomic E-state index is 3.59. The molecule has 0 amide bonds. The fraction of sp³-hybridized carbons (Fsp3) is 0.600. The van der Waals surface area contributed by atoms with Gasteiger partial charge in [0.1, 0.15) is 0 Å². The molecule has 2 heteroatoms. The lowest BCUT2D eigenvalue weighted by Crippen LogP contribution is -2.42. The van der Waals surface area contributed by atoms with E-state index in [0.29, 0.717) is 0 Å². The number of benzene rings is 1. The van der Waals surface area contributed by atoms with Gasteiger partial charge in [0.2, 0.25) is 0 Å². The first-order valence-electron chi connectivity index (χ1n) is 6.48. The molecule has 0 aliphatic rings. The largest absolute Gasteiger partial charge is 0.373 e. The number of hydrogen-bond donors (Lipinski definition) is 1. The molecule has 0 aliphatic heterocycles. The van der Waals surface area contributed by atoms with Crippen LogP contribution in [0, 0.1) is 6.92 Å². The smallest absolute Gasteiger partial charge is 0.0393 e. The predicted molar refractivity (Wildman–Crippen MR) is 76.8 cm³/mol. The number of aryl methyl sites for hydroxylation is 1. The summed E-state index contributed by atoms with van der Waals surface area (Å²) in [4.78, 5) is 2.31. The lowest BCUT2D eigenvalue weighted by Gasteiger charge is -2.27. The van der Waals surface area contributed by atoms with Crippen molar-refractivity contribution in [1.29, 1.82) is 0 Å². The normalized spacial score (nSPS) is 11.6. The Balaban J connectivity index is 2.46. The number of likely N-dealkylation sites (N-methyl/N-ethyl adjacent to an activating group) is 1. The van der Waals surface area contributed by atoms with E-state index in [0.717, 1.165) is 19.5 Å². The van der Waals surface area contributed by atoms with Gasteiger partial charge in [-0.25, -0.2) is 0 Å². The Kier molecular flexibility index (Phi) is 5.01. The first-order chi connectivity index (χ1) is 7.96. The summed E-state index contributed by atoms with van der Waals surface area (Å²) in [6, 6.07) is 8.53. The van der Waals surface area contributed by atoms with Gasteiger partial charge >= 0.3 is 0 Å². The number of nitrogens with one attached hydrogen (secondary N) is 1. The number of nitrogens with zero attached hydrogens (tertiary/aromatic N) is 1. The third-order valence-electron chi connectivity index (χ3n) is 3.46. The van der Waals surface area contributed by atoms with Crippen LogP contribution in [0.2, 0.25) is 0 Å². The molecule has 0 radical (unpaired) electrons. The molecule has 0 unspecified atom stereocenters. The second kappa shape index (κ2) is 6.06. The van der Waals surface area contributed by atoms with Crippen LogP contribution >= 0.6 is 0 Å². The minimum atomic E-state index is 0.243. The average Bonchev–Trinajstić information content (AvgIpc) is 2.29. The SMILES string of the molecule is CCC(C)(C)NCCN(C)c1ccccc1C. The number of hydrogen-bond acceptors (Lipinski definition) is 2. The highest BCUT2D eigenvalue weighted by atomic mass is 15.1. The topological polar surface area (TPSA) is 15.3 Å². The Morgan fingerprint density at radius 1 is 1.24 bits per heavy atom. The standard InChI is InChI=1S/C15H26N2/c1-6-15(3,4)16-11-12-17(5)14-10-8-7-9-13(14)2/h7-10,16H,6,11-12H2,1-5H3. The minimum Gasteiger partial charge on any atom is -0.373 e. The van der Waals surface area contributed by atoms with Crippen LogP contribution in [0.1, 0.15) is 32.8 Å². The Morgan fingerprint density at radius 3 is 2.47 bits per heavy atom. The van der Waals surface area contributed by atoms with Gasteiger partial charge in [-0.2, -0.15) is 0 Å². The highest BCUT2D eigenvalue weighted by molar-refractivity contribution is 5.52. The van der Waals surface area contributed by atoms with Crippen molar-refractivity contribution < 1.29 is 0 Å². The molecule has 0 atom stereocenters. The van der Waals surface area contributed by atoms with Crippen LogP contribution in [0.15, 0.2) is 24.3 Å². The van der Waals surface area contributed by atoms with E-state index in [1.807, 2.05) is 0 Å². The molecule has 0 saturated heterocycles. The summed E-state index contributed by atoms with van der Waals surface area (Å²) < 4.78 is 0. The van der Waals surface area contributed by atoms with Gasteiger partial charge in [0.15, 0.2) is 0 Å². The van der Waals surface area contributed by atoms with Crippen molar-refractivity contribution in [1.82, 2.24) is 5.32 Å². The third kappa shape index (κ3) is 4.39. The summed E-state index contributed by atoms with van der Waals surface area (Å²) in [5.74, 6) is 0. The van der Waals surface area contributed by atoms with Crippen LogP contribution in [-0.4, -0.2) is 25.7 Å². The molecule has 0 aromatic heterocycles. The molecule has 1 rings (SSSR count). The van der Waals surface area contributed by atoms with E-state index in [4.69, 9.17) is 0 Å². The van der Waals surface area contributed by atoms with Crippen LogP contribution in [-0.2, 0) is 0 Å². The molecule has 1 aromatic carbocycles. The first kappa shape index (κ1) is 14.0. The quantitative estimate of drug-likeness (QED) is 0.813. The molecular weight excluding hydrogens is 208 g/mol. The first-order valence-corrected chi connectivity index (χ1v) is 6.48. The van der Waals surface area contributed by atoms with Gasteiger partial charge in [0.05, 0.1) is 0 Å². The molecule has 0 saturated carbocycles. The number of anilines is 1. The maximum Gasteiger partial charge on any atom is 0.0393 e. The van der Waals surface area contributed by atoms with Crippen molar-refractivity contribution in [3.05, 3.63) is 29.8 Å². The number of para-hydroxylation sites is 1. The van der Waals surface area contributed by atoms with Crippen molar-refractivity contribution in [2.75, 3.05) is 25.0 Å². The zero-order chi connectivity index (χ0) is 12.9. The molecule has 0 bridgehead atoms. The average molecular weight is 234 g/mol. The monoisotopic (exact) mass is 234 g/mol. The second-order valence-electron chi connectivity index (χ2n) is 5.37. The van der Waals surface area contributed by atoms with E-state index in [1.54, 1.807) is 0 Å². The fourth-order valence-corrected chi connectivity index (χ4v) is 1.80. The van der Waals surface area contributed by atoms with E-state index in [9.17, 15) is 0 Å². The van der Waals surface area contributed by atoms with Crippen molar-refractivity contribution in [3.63, 3.8) is 0 Å². The van der Waals surface area contributed by atoms with Crippen molar-refractivity contribution in [2.45, 2.75) is 39.7 Å². The summed E-state index contributed by atoms with van der Waals surface area (Å²) in [5, 5.41) is 3.59. The summed E-state index contributed by atoms with van der Waals surface area (Å²) in [6.07, 6.45) is 1.15. The third-order valence-corrected chi connectivity index (χ3v) is 3.46. The van der Waals surface area contributed by atoms with E-state index in [-0.39, 0.29) is 5.54 Å². The molecule has 96 valence electrons. The Labute approximate surface area is 106 Å².